The zero-order chi connectivity index (χ0) is 15.7. The fourth-order valence-electron chi connectivity index (χ4n) is 2.50. The van der Waals surface area contributed by atoms with Crippen molar-refractivity contribution in [2.75, 3.05) is 11.1 Å². The van der Waals surface area contributed by atoms with Crippen molar-refractivity contribution in [3.05, 3.63) is 51.2 Å². The predicted octanol–water partition coefficient (Wildman–Crippen LogP) is 3.72. The van der Waals surface area contributed by atoms with E-state index in [2.05, 4.69) is 5.32 Å². The number of thiophene rings is 1. The third-order valence-electron chi connectivity index (χ3n) is 3.65. The maximum absolute atomic E-state index is 12.5. The summed E-state index contributed by atoms with van der Waals surface area (Å²) >= 11 is 3.32. The standard InChI is InChI=1S/C16H15NO3S2/c1-9-2-3-10(8-12(9)16(19)20)17-15(18)14-11-4-6-21-13(11)5-7-22-14/h2-4,6,8,14H,5,7H2,1H3,(H,17,18)(H,19,20). The van der Waals surface area contributed by atoms with Gasteiger partial charge in [0.05, 0.1) is 5.56 Å². The third-order valence-corrected chi connectivity index (χ3v) is 5.89. The first-order valence-electron chi connectivity index (χ1n) is 6.89. The number of carbonyl (C=O) groups excluding carboxylic acids is 1. The number of hydrogen-bond acceptors (Lipinski definition) is 4. The normalized spacial score (nSPS) is 16.9. The molecular formula is C16H15NO3S2. The Kier molecular flexibility index (Phi) is 4.22. The van der Waals surface area contributed by atoms with Gasteiger partial charge in [0.15, 0.2) is 0 Å². The molecular weight excluding hydrogens is 318 g/mol. The van der Waals surface area contributed by atoms with Gasteiger partial charge in [0, 0.05) is 10.6 Å². The van der Waals surface area contributed by atoms with Crippen LogP contribution in [0.25, 0.3) is 0 Å². The summed E-state index contributed by atoms with van der Waals surface area (Å²) in [6.45, 7) is 1.74. The van der Waals surface area contributed by atoms with Gasteiger partial charge in [-0.05, 0) is 53.8 Å². The maximum Gasteiger partial charge on any atom is 0.336 e. The van der Waals surface area contributed by atoms with Crippen molar-refractivity contribution in [1.29, 1.82) is 0 Å². The highest BCUT2D eigenvalue weighted by Gasteiger charge is 2.28. The number of carboxylic acid groups (broad SMARTS) is 1. The lowest BCUT2D eigenvalue weighted by Crippen LogP contribution is -2.22. The number of rotatable bonds is 3. The Morgan fingerprint density at radius 3 is 2.91 bits per heavy atom. The molecule has 2 N–H and O–H groups in total. The SMILES string of the molecule is Cc1ccc(NC(=O)C2SCCc3sccc32)cc1C(=O)O. The Hall–Kier alpha value is -1.79. The summed E-state index contributed by atoms with van der Waals surface area (Å²) in [5, 5.41) is 13.8. The van der Waals surface area contributed by atoms with E-state index in [0.717, 1.165) is 17.7 Å². The van der Waals surface area contributed by atoms with Gasteiger partial charge in [-0.25, -0.2) is 4.79 Å². The Bertz CT molecular complexity index is 739. The number of carboxylic acids is 1. The zero-order valence-corrected chi connectivity index (χ0v) is 13.6. The lowest BCUT2D eigenvalue weighted by molar-refractivity contribution is -0.115. The summed E-state index contributed by atoms with van der Waals surface area (Å²) in [7, 11) is 0. The van der Waals surface area contributed by atoms with E-state index in [0.29, 0.717) is 11.3 Å². The van der Waals surface area contributed by atoms with E-state index >= 15 is 0 Å². The number of amides is 1. The van der Waals surface area contributed by atoms with Crippen molar-refractivity contribution in [3.8, 4) is 0 Å². The van der Waals surface area contributed by atoms with Crippen LogP contribution in [-0.4, -0.2) is 22.7 Å². The molecule has 0 spiro atoms. The molecule has 3 rings (SSSR count). The van der Waals surface area contributed by atoms with Crippen LogP contribution in [0.2, 0.25) is 0 Å². The molecule has 1 unspecified atom stereocenters. The molecule has 1 aromatic heterocycles. The van der Waals surface area contributed by atoms with Crippen molar-refractivity contribution < 1.29 is 14.7 Å². The molecule has 1 aromatic carbocycles. The summed E-state index contributed by atoms with van der Waals surface area (Å²) < 4.78 is 0. The quantitative estimate of drug-likeness (QED) is 0.898. The second-order valence-corrected chi connectivity index (χ2v) is 7.34. The van der Waals surface area contributed by atoms with E-state index in [9.17, 15) is 9.59 Å². The first-order chi connectivity index (χ1) is 10.6. The number of aromatic carboxylic acids is 1. The molecule has 22 heavy (non-hydrogen) atoms. The number of carbonyl (C=O) groups is 2. The molecule has 2 heterocycles. The van der Waals surface area contributed by atoms with Crippen LogP contribution in [-0.2, 0) is 11.2 Å². The van der Waals surface area contributed by atoms with E-state index in [1.165, 1.54) is 10.9 Å². The first-order valence-corrected chi connectivity index (χ1v) is 8.82. The van der Waals surface area contributed by atoms with E-state index < -0.39 is 5.97 Å². The number of thioether (sulfide) groups is 1. The van der Waals surface area contributed by atoms with Crippen molar-refractivity contribution in [2.24, 2.45) is 0 Å². The molecule has 1 aliphatic heterocycles. The molecule has 0 radical (unpaired) electrons. The van der Waals surface area contributed by atoms with Crippen molar-refractivity contribution in [2.45, 2.75) is 18.6 Å². The van der Waals surface area contributed by atoms with Crippen LogP contribution in [0.4, 0.5) is 5.69 Å². The highest BCUT2D eigenvalue weighted by molar-refractivity contribution is 8.00. The van der Waals surface area contributed by atoms with Gasteiger partial charge in [0.1, 0.15) is 5.25 Å². The molecule has 0 fully saturated rings. The van der Waals surface area contributed by atoms with Crippen LogP contribution >= 0.6 is 23.1 Å². The Morgan fingerprint density at radius 2 is 2.14 bits per heavy atom. The molecule has 0 bridgehead atoms. The van der Waals surface area contributed by atoms with Gasteiger partial charge >= 0.3 is 5.97 Å². The molecule has 0 saturated heterocycles. The van der Waals surface area contributed by atoms with E-state index in [4.69, 9.17) is 5.11 Å². The number of nitrogens with one attached hydrogen (secondary N) is 1. The molecule has 6 heteroatoms. The molecule has 1 aliphatic rings. The molecule has 1 atom stereocenters. The summed E-state index contributed by atoms with van der Waals surface area (Å²) in [4.78, 5) is 25.0. The van der Waals surface area contributed by atoms with Gasteiger partial charge in [-0.15, -0.1) is 23.1 Å². The topological polar surface area (TPSA) is 66.4 Å². The van der Waals surface area contributed by atoms with Crippen LogP contribution in [0, 0.1) is 6.92 Å². The van der Waals surface area contributed by atoms with Crippen LogP contribution in [0.1, 0.15) is 31.6 Å². The van der Waals surface area contributed by atoms with Gasteiger partial charge < -0.3 is 10.4 Å². The van der Waals surface area contributed by atoms with Gasteiger partial charge in [-0.3, -0.25) is 4.79 Å². The number of hydrogen-bond donors (Lipinski definition) is 2. The number of benzene rings is 1. The number of fused-ring (bicyclic) bond motifs is 1. The monoisotopic (exact) mass is 333 g/mol. The minimum Gasteiger partial charge on any atom is -0.478 e. The first kappa shape index (κ1) is 15.1. The van der Waals surface area contributed by atoms with Gasteiger partial charge in [0.2, 0.25) is 5.91 Å². The Balaban J connectivity index is 1.81. The summed E-state index contributed by atoms with van der Waals surface area (Å²) in [5.74, 6) is -0.148. The van der Waals surface area contributed by atoms with Crippen LogP contribution < -0.4 is 5.32 Å². The largest absolute Gasteiger partial charge is 0.478 e. The fourth-order valence-corrected chi connectivity index (χ4v) is 4.79. The Morgan fingerprint density at radius 1 is 1.32 bits per heavy atom. The Labute approximate surface area is 136 Å². The maximum atomic E-state index is 12.5. The fraction of sp³-hybridized carbons (Fsp3) is 0.250. The van der Waals surface area contributed by atoms with Crippen molar-refractivity contribution >= 4 is 40.7 Å². The number of aryl methyl sites for hydroxylation is 2. The lowest BCUT2D eigenvalue weighted by atomic mass is 10.1. The highest BCUT2D eigenvalue weighted by atomic mass is 32.2. The summed E-state index contributed by atoms with van der Waals surface area (Å²) in [6.07, 6.45) is 1.01. The average Bonchev–Trinajstić information content (AvgIpc) is 2.97. The molecule has 0 saturated carbocycles. The molecule has 1 amide bonds. The molecule has 0 aliphatic carbocycles. The smallest absolute Gasteiger partial charge is 0.336 e. The second kappa shape index (κ2) is 6.14. The minimum atomic E-state index is -0.985. The average molecular weight is 333 g/mol. The van der Waals surface area contributed by atoms with Gasteiger partial charge in [-0.2, -0.15) is 0 Å². The van der Waals surface area contributed by atoms with Crippen LogP contribution in [0.5, 0.6) is 0 Å². The van der Waals surface area contributed by atoms with Gasteiger partial charge in [0.25, 0.3) is 0 Å². The van der Waals surface area contributed by atoms with E-state index in [-0.39, 0.29) is 16.7 Å². The van der Waals surface area contributed by atoms with Gasteiger partial charge in [-0.1, -0.05) is 6.07 Å². The number of anilines is 1. The van der Waals surface area contributed by atoms with Crippen LogP contribution in [0.3, 0.4) is 0 Å². The molecule has 4 nitrogen and oxygen atoms in total. The highest BCUT2D eigenvalue weighted by Crippen LogP contribution is 2.40. The second-order valence-electron chi connectivity index (χ2n) is 5.12. The minimum absolute atomic E-state index is 0.0930. The lowest BCUT2D eigenvalue weighted by Gasteiger charge is -2.21. The third kappa shape index (κ3) is 2.89. The van der Waals surface area contributed by atoms with E-state index in [1.807, 2.05) is 11.4 Å². The zero-order valence-electron chi connectivity index (χ0n) is 12.0. The van der Waals surface area contributed by atoms with Crippen molar-refractivity contribution in [1.82, 2.24) is 0 Å². The van der Waals surface area contributed by atoms with E-state index in [1.54, 1.807) is 42.2 Å². The van der Waals surface area contributed by atoms with Crippen LogP contribution in [0.15, 0.2) is 29.6 Å². The predicted molar refractivity (Wildman–Crippen MR) is 90.0 cm³/mol. The summed E-state index contributed by atoms with van der Waals surface area (Å²) in [6, 6.07) is 6.97. The summed E-state index contributed by atoms with van der Waals surface area (Å²) in [5.41, 5.74) is 2.50. The van der Waals surface area contributed by atoms with Crippen molar-refractivity contribution in [3.63, 3.8) is 0 Å². The molecule has 2 aromatic rings. The molecule has 114 valence electrons.